The molecule has 3 fully saturated rings. The average molecular weight is 770 g/mol. The molecule has 2 heterocycles. The van der Waals surface area contributed by atoms with Gasteiger partial charge in [0, 0.05) is 73.4 Å². The second-order valence-corrected chi connectivity index (χ2v) is 17.5. The molecule has 12 heteroatoms. The number of ether oxygens (including phenoxy) is 1. The van der Waals surface area contributed by atoms with Crippen LogP contribution in [0.5, 0.6) is 0 Å². The molecule has 55 heavy (non-hydrogen) atoms. The number of likely N-dealkylation sites (N-methyl/N-ethyl adjacent to an activating group) is 1. The standard InChI is InChI=1S/C43H52FN5O5S/c1-45-43(34-10-6-11-35(44)26-34,40-14-5-9-32(40)25-42(51)54-4)33-20-23-48(24-21-33)28-31-29-49(30-31)37-16-18-38(19-17-37)55(52,53)39-13-7-12-36(27-39)46-41(50)15-8-22-47(2)3/h6-8,10-13,15-19,26-27,31-33,40H,5,9,14,20-25,28-30H2,2-4H3,(H,46,50)/b15-8+/t32-,40+,43-/m1/s1. The number of nitrogens with zero attached hydrogens (tertiary/aromatic N) is 4. The first-order valence-electron chi connectivity index (χ1n) is 19.2. The molecule has 1 aliphatic carbocycles. The topological polar surface area (TPSA) is 104 Å². The Bertz CT molecular complexity index is 2000. The minimum Gasteiger partial charge on any atom is -0.469 e. The van der Waals surface area contributed by atoms with E-state index in [1.54, 1.807) is 36.4 Å². The van der Waals surface area contributed by atoms with Gasteiger partial charge in [0.1, 0.15) is 5.82 Å². The van der Waals surface area contributed by atoms with Crippen molar-refractivity contribution in [1.29, 1.82) is 0 Å². The molecule has 0 radical (unpaired) electrons. The highest BCUT2D eigenvalue weighted by molar-refractivity contribution is 7.91. The maximum Gasteiger partial charge on any atom is 0.305 e. The average Bonchev–Trinajstić information content (AvgIpc) is 3.62. The summed E-state index contributed by atoms with van der Waals surface area (Å²) in [5.74, 6) is -0.416. The first-order chi connectivity index (χ1) is 26.4. The highest BCUT2D eigenvalue weighted by Crippen LogP contribution is 2.54. The predicted octanol–water partition coefficient (Wildman–Crippen LogP) is 6.66. The van der Waals surface area contributed by atoms with Crippen LogP contribution in [-0.4, -0.2) is 90.6 Å². The summed E-state index contributed by atoms with van der Waals surface area (Å²) in [7, 11) is 1.41. The van der Waals surface area contributed by atoms with Gasteiger partial charge in [-0.2, -0.15) is 0 Å². The molecule has 292 valence electrons. The molecule has 0 aromatic heterocycles. The number of sulfone groups is 1. The monoisotopic (exact) mass is 769 g/mol. The molecule has 3 atom stereocenters. The summed E-state index contributed by atoms with van der Waals surface area (Å²) in [4.78, 5) is 36.0. The molecule has 0 unspecified atom stereocenters. The summed E-state index contributed by atoms with van der Waals surface area (Å²) >= 11 is 0. The van der Waals surface area contributed by atoms with E-state index in [1.165, 1.54) is 37.5 Å². The molecular weight excluding hydrogens is 718 g/mol. The number of hydrogen-bond acceptors (Lipinski definition) is 8. The molecule has 1 amide bonds. The van der Waals surface area contributed by atoms with E-state index in [1.807, 2.05) is 37.2 Å². The molecule has 0 spiro atoms. The number of amides is 1. The molecule has 6 rings (SSSR count). The smallest absolute Gasteiger partial charge is 0.305 e. The van der Waals surface area contributed by atoms with Crippen molar-refractivity contribution in [2.75, 3.05) is 70.7 Å². The molecule has 3 aliphatic rings. The summed E-state index contributed by atoms with van der Waals surface area (Å²) in [6.45, 7) is 13.6. The molecule has 10 nitrogen and oxygen atoms in total. The third-order valence-corrected chi connectivity index (χ3v) is 13.5. The van der Waals surface area contributed by atoms with Gasteiger partial charge in [0.15, 0.2) is 0 Å². The number of rotatable bonds is 14. The molecule has 2 aliphatic heterocycles. The quantitative estimate of drug-likeness (QED) is 0.110. The van der Waals surface area contributed by atoms with Crippen molar-refractivity contribution in [2.24, 2.45) is 23.7 Å². The SMILES string of the molecule is [C-]#[N+][C@@](c1cccc(F)c1)(C1CCN(CC2CN(c3ccc(S(=O)(=O)c4cccc(NC(=O)/C=C/CN(C)C)c4)cc3)C2)CC1)[C@H]1CCC[C@@H]1CC(=O)OC. The van der Waals surface area contributed by atoms with Crippen molar-refractivity contribution in [3.05, 3.63) is 108 Å². The third-order valence-electron chi connectivity index (χ3n) is 11.7. The number of methoxy groups -OCH3 is 1. The number of carbonyl (C=O) groups is 2. The molecule has 0 bridgehead atoms. The summed E-state index contributed by atoms with van der Waals surface area (Å²) in [5, 5.41) is 2.74. The van der Waals surface area contributed by atoms with Gasteiger partial charge in [0.25, 0.3) is 5.54 Å². The zero-order valence-electron chi connectivity index (χ0n) is 32.0. The van der Waals surface area contributed by atoms with E-state index in [-0.39, 0.29) is 51.7 Å². The van der Waals surface area contributed by atoms with Crippen molar-refractivity contribution in [3.63, 3.8) is 0 Å². The highest BCUT2D eigenvalue weighted by atomic mass is 32.2. The van der Waals surface area contributed by atoms with Gasteiger partial charge < -0.3 is 29.6 Å². The number of piperidine rings is 1. The Hall–Kier alpha value is -4.57. The lowest BCUT2D eigenvalue weighted by Gasteiger charge is -2.46. The highest BCUT2D eigenvalue weighted by Gasteiger charge is 2.58. The van der Waals surface area contributed by atoms with Crippen molar-refractivity contribution in [3.8, 4) is 0 Å². The van der Waals surface area contributed by atoms with Crippen LogP contribution in [0.4, 0.5) is 15.8 Å². The summed E-state index contributed by atoms with van der Waals surface area (Å²) < 4.78 is 46.7. The summed E-state index contributed by atoms with van der Waals surface area (Å²) in [6, 6.07) is 19.8. The minimum absolute atomic E-state index is 0.0317. The van der Waals surface area contributed by atoms with Crippen LogP contribution in [0.25, 0.3) is 4.85 Å². The fourth-order valence-electron chi connectivity index (χ4n) is 8.97. The van der Waals surface area contributed by atoms with Crippen LogP contribution in [-0.2, 0) is 29.7 Å². The molecule has 3 aromatic carbocycles. The van der Waals surface area contributed by atoms with Gasteiger partial charge in [-0.25, -0.2) is 19.4 Å². The van der Waals surface area contributed by atoms with Gasteiger partial charge in [-0.05, 0) is 113 Å². The van der Waals surface area contributed by atoms with E-state index in [4.69, 9.17) is 11.3 Å². The lowest BCUT2D eigenvalue weighted by atomic mass is 9.63. The van der Waals surface area contributed by atoms with E-state index < -0.39 is 15.4 Å². The Balaban J connectivity index is 1.04. The lowest BCUT2D eigenvalue weighted by molar-refractivity contribution is -0.142. The van der Waals surface area contributed by atoms with Crippen LogP contribution in [0, 0.1) is 36.1 Å². The largest absolute Gasteiger partial charge is 0.469 e. The Labute approximate surface area is 325 Å². The van der Waals surface area contributed by atoms with Crippen molar-refractivity contribution >= 4 is 33.1 Å². The number of halogens is 1. The third kappa shape index (κ3) is 9.12. The van der Waals surface area contributed by atoms with Crippen LogP contribution < -0.4 is 10.2 Å². The number of hydrogen-bond donors (Lipinski definition) is 1. The van der Waals surface area contributed by atoms with Crippen LogP contribution in [0.3, 0.4) is 0 Å². The molecule has 2 saturated heterocycles. The number of carbonyl (C=O) groups excluding carboxylic acids is 2. The van der Waals surface area contributed by atoms with Crippen molar-refractivity contribution < 1.29 is 27.1 Å². The Kier molecular flexibility index (Phi) is 12.7. The normalized spacial score (nSPS) is 20.9. The minimum atomic E-state index is -3.80. The number of nitrogens with one attached hydrogen (secondary N) is 1. The number of likely N-dealkylation sites (tertiary alicyclic amines) is 1. The Morgan fingerprint density at radius 2 is 1.73 bits per heavy atom. The second kappa shape index (κ2) is 17.5. The Morgan fingerprint density at radius 1 is 1.00 bits per heavy atom. The van der Waals surface area contributed by atoms with Crippen molar-refractivity contribution in [2.45, 2.75) is 53.9 Å². The number of benzene rings is 3. The summed E-state index contributed by atoms with van der Waals surface area (Å²) in [6.07, 6.45) is 7.77. The van der Waals surface area contributed by atoms with E-state index in [2.05, 4.69) is 20.0 Å². The maximum atomic E-state index is 14.7. The van der Waals surface area contributed by atoms with E-state index in [0.717, 1.165) is 76.1 Å². The van der Waals surface area contributed by atoms with E-state index >= 15 is 0 Å². The van der Waals surface area contributed by atoms with Crippen LogP contribution >= 0.6 is 0 Å². The first-order valence-corrected chi connectivity index (χ1v) is 20.7. The van der Waals surface area contributed by atoms with E-state index in [9.17, 15) is 22.4 Å². The lowest BCUT2D eigenvalue weighted by Crippen LogP contribution is -2.53. The van der Waals surface area contributed by atoms with Gasteiger partial charge in [0.2, 0.25) is 15.7 Å². The molecular formula is C43H52FN5O5S. The zero-order chi connectivity index (χ0) is 39.2. The zero-order valence-corrected chi connectivity index (χ0v) is 32.8. The number of anilines is 2. The fourth-order valence-corrected chi connectivity index (χ4v) is 10.3. The maximum absolute atomic E-state index is 14.7. The first kappa shape index (κ1) is 40.1. The molecule has 3 aromatic rings. The van der Waals surface area contributed by atoms with Gasteiger partial charge in [-0.3, -0.25) is 9.59 Å². The van der Waals surface area contributed by atoms with Gasteiger partial charge in [-0.1, -0.05) is 30.7 Å². The second-order valence-electron chi connectivity index (χ2n) is 15.6. The molecule has 1 N–H and O–H groups in total. The van der Waals surface area contributed by atoms with Gasteiger partial charge >= 0.3 is 5.97 Å². The predicted molar refractivity (Wildman–Crippen MR) is 212 cm³/mol. The van der Waals surface area contributed by atoms with Crippen LogP contribution in [0.1, 0.15) is 44.1 Å². The van der Waals surface area contributed by atoms with Crippen LogP contribution in [0.2, 0.25) is 0 Å². The number of esters is 1. The van der Waals surface area contributed by atoms with Gasteiger partial charge in [0.05, 0.1) is 16.9 Å². The fraction of sp³-hybridized carbons (Fsp3) is 0.465. The Morgan fingerprint density at radius 3 is 2.40 bits per heavy atom. The van der Waals surface area contributed by atoms with Gasteiger partial charge in [-0.15, -0.1) is 0 Å². The van der Waals surface area contributed by atoms with E-state index in [0.29, 0.717) is 18.2 Å². The van der Waals surface area contributed by atoms with Crippen LogP contribution in [0.15, 0.2) is 94.7 Å². The van der Waals surface area contributed by atoms with Crippen molar-refractivity contribution in [1.82, 2.24) is 9.80 Å². The summed E-state index contributed by atoms with van der Waals surface area (Å²) in [5.41, 5.74) is 1.22. The molecule has 1 saturated carbocycles.